The van der Waals surface area contributed by atoms with E-state index in [4.69, 9.17) is 4.74 Å². The monoisotopic (exact) mass is 459 g/mol. The van der Waals surface area contributed by atoms with Crippen LogP contribution in [0.25, 0.3) is 10.2 Å². The van der Waals surface area contributed by atoms with E-state index >= 15 is 0 Å². The number of carbonyl (C=O) groups excluding carboxylic acids is 1. The molecule has 3 heterocycles. The van der Waals surface area contributed by atoms with Gasteiger partial charge in [-0.2, -0.15) is 11.8 Å². The van der Waals surface area contributed by atoms with E-state index in [1.165, 1.54) is 21.8 Å². The van der Waals surface area contributed by atoms with E-state index in [2.05, 4.69) is 22.1 Å². The van der Waals surface area contributed by atoms with Crippen molar-refractivity contribution < 1.29 is 14.4 Å². The summed E-state index contributed by atoms with van der Waals surface area (Å²) < 4.78 is 5.22. The van der Waals surface area contributed by atoms with Crippen LogP contribution in [0.5, 0.6) is 5.75 Å². The molecule has 31 heavy (non-hydrogen) atoms. The number of hydrogen-bond donors (Lipinski definition) is 2. The smallest absolute Gasteiger partial charge is 0.264 e. The number of carbonyl (C=O) groups is 1. The quantitative estimate of drug-likeness (QED) is 0.587. The number of amides is 1. The molecule has 9 heteroatoms. The summed E-state index contributed by atoms with van der Waals surface area (Å²) in [7, 11) is 1.67. The molecular weight excluding hydrogens is 432 g/mol. The van der Waals surface area contributed by atoms with Crippen LogP contribution in [0.1, 0.15) is 26.6 Å². The molecule has 0 atom stereocenters. The number of aryl methyl sites for hydroxylation is 1. The highest BCUT2D eigenvalue weighted by Crippen LogP contribution is 2.28. The second-order valence-electron chi connectivity index (χ2n) is 7.75. The highest BCUT2D eigenvalue weighted by atomic mass is 32.2. The Morgan fingerprint density at radius 3 is 2.65 bits per heavy atom. The molecule has 7 nitrogen and oxygen atoms in total. The van der Waals surface area contributed by atoms with E-state index < -0.39 is 0 Å². The van der Waals surface area contributed by atoms with Gasteiger partial charge in [-0.15, -0.1) is 11.3 Å². The van der Waals surface area contributed by atoms with Crippen molar-refractivity contribution in [3.63, 3.8) is 0 Å². The predicted octanol–water partition coefficient (Wildman–Crippen LogP) is 1.71. The van der Waals surface area contributed by atoms with Gasteiger partial charge >= 0.3 is 0 Å². The van der Waals surface area contributed by atoms with Crippen molar-refractivity contribution in [1.29, 1.82) is 0 Å². The Bertz CT molecular complexity index is 1130. The zero-order valence-electron chi connectivity index (χ0n) is 18.0. The normalized spacial score (nSPS) is 14.9. The Kier molecular flexibility index (Phi) is 6.64. The Morgan fingerprint density at radius 2 is 2.00 bits per heavy atom. The SMILES string of the molecule is COc1ccc(C[NH+]2CCN(C(=O)c3sc4nc(CSC)[nH]c(=O)c4c3C)CC2)cc1. The number of ether oxygens (including phenoxy) is 1. The molecule has 0 spiro atoms. The summed E-state index contributed by atoms with van der Waals surface area (Å²) in [4.78, 5) is 37.8. The van der Waals surface area contributed by atoms with E-state index in [1.807, 2.05) is 30.2 Å². The van der Waals surface area contributed by atoms with Crippen molar-refractivity contribution in [1.82, 2.24) is 14.9 Å². The maximum Gasteiger partial charge on any atom is 0.264 e. The summed E-state index contributed by atoms with van der Waals surface area (Å²) in [6.45, 7) is 6.00. The van der Waals surface area contributed by atoms with E-state index in [0.29, 0.717) is 39.8 Å². The van der Waals surface area contributed by atoms with Crippen LogP contribution in [-0.4, -0.2) is 60.3 Å². The number of nitrogens with one attached hydrogen (secondary N) is 2. The van der Waals surface area contributed by atoms with Crippen molar-refractivity contribution in [3.8, 4) is 5.75 Å². The zero-order valence-corrected chi connectivity index (χ0v) is 19.6. The van der Waals surface area contributed by atoms with Gasteiger partial charge in [0.05, 0.1) is 49.3 Å². The number of aromatic amines is 1. The van der Waals surface area contributed by atoms with Crippen LogP contribution in [-0.2, 0) is 12.3 Å². The number of quaternary nitrogens is 1. The topological polar surface area (TPSA) is 79.7 Å². The molecule has 2 N–H and O–H groups in total. The summed E-state index contributed by atoms with van der Waals surface area (Å²) in [5.74, 6) is 2.17. The van der Waals surface area contributed by atoms with Crippen LogP contribution in [0.15, 0.2) is 29.1 Å². The third-order valence-electron chi connectivity index (χ3n) is 5.70. The average molecular weight is 460 g/mol. The summed E-state index contributed by atoms with van der Waals surface area (Å²) in [6.07, 6.45) is 1.97. The summed E-state index contributed by atoms with van der Waals surface area (Å²) in [5.41, 5.74) is 1.85. The number of aromatic nitrogens is 2. The first kappa shape index (κ1) is 21.9. The van der Waals surface area contributed by atoms with Gasteiger partial charge in [-0.05, 0) is 43.0 Å². The maximum absolute atomic E-state index is 13.2. The first-order valence-electron chi connectivity index (χ1n) is 10.3. The Hall–Kier alpha value is -2.36. The fourth-order valence-corrected chi connectivity index (χ4v) is 5.55. The lowest BCUT2D eigenvalue weighted by molar-refractivity contribution is -0.917. The fourth-order valence-electron chi connectivity index (χ4n) is 3.98. The summed E-state index contributed by atoms with van der Waals surface area (Å²) in [6, 6.07) is 8.16. The molecule has 1 aromatic carbocycles. The van der Waals surface area contributed by atoms with Crippen LogP contribution in [0.2, 0.25) is 0 Å². The maximum atomic E-state index is 13.2. The minimum Gasteiger partial charge on any atom is -0.497 e. The molecule has 1 amide bonds. The molecule has 4 rings (SSSR count). The van der Waals surface area contributed by atoms with Gasteiger partial charge in [0.15, 0.2) is 0 Å². The number of nitrogens with zero attached hydrogens (tertiary/aromatic N) is 2. The van der Waals surface area contributed by atoms with Crippen LogP contribution in [0, 0.1) is 6.92 Å². The predicted molar refractivity (Wildman–Crippen MR) is 125 cm³/mol. The Balaban J connectivity index is 1.44. The van der Waals surface area contributed by atoms with Gasteiger partial charge in [0.2, 0.25) is 0 Å². The van der Waals surface area contributed by atoms with Gasteiger partial charge in [-0.25, -0.2) is 4.98 Å². The number of thiophene rings is 1. The molecule has 3 aromatic rings. The molecule has 0 saturated carbocycles. The fraction of sp³-hybridized carbons (Fsp3) is 0.409. The van der Waals surface area contributed by atoms with Gasteiger partial charge in [-0.1, -0.05) is 0 Å². The van der Waals surface area contributed by atoms with Crippen molar-refractivity contribution in [2.24, 2.45) is 0 Å². The van der Waals surface area contributed by atoms with Crippen LogP contribution in [0.3, 0.4) is 0 Å². The lowest BCUT2D eigenvalue weighted by Crippen LogP contribution is -3.13. The van der Waals surface area contributed by atoms with Crippen LogP contribution < -0.4 is 15.2 Å². The van der Waals surface area contributed by atoms with Gasteiger partial charge in [0, 0.05) is 5.56 Å². The van der Waals surface area contributed by atoms with Crippen molar-refractivity contribution in [3.05, 3.63) is 56.4 Å². The highest BCUT2D eigenvalue weighted by molar-refractivity contribution is 7.97. The van der Waals surface area contributed by atoms with Gasteiger partial charge in [0.25, 0.3) is 11.5 Å². The summed E-state index contributed by atoms with van der Waals surface area (Å²) >= 11 is 2.94. The molecule has 0 unspecified atom stereocenters. The van der Waals surface area contributed by atoms with E-state index in [1.54, 1.807) is 18.9 Å². The first-order chi connectivity index (χ1) is 15.0. The molecule has 0 radical (unpaired) electrons. The third-order valence-corrected chi connectivity index (χ3v) is 7.43. The third kappa shape index (κ3) is 4.63. The molecule has 0 aliphatic carbocycles. The molecule has 1 fully saturated rings. The van der Waals surface area contributed by atoms with Crippen molar-refractivity contribution in [2.45, 2.75) is 19.2 Å². The summed E-state index contributed by atoms with van der Waals surface area (Å²) in [5, 5.41) is 0.543. The largest absolute Gasteiger partial charge is 0.497 e. The average Bonchev–Trinajstić information content (AvgIpc) is 3.11. The molecule has 1 saturated heterocycles. The molecule has 1 aliphatic rings. The van der Waals surface area contributed by atoms with Crippen LogP contribution >= 0.6 is 23.1 Å². The van der Waals surface area contributed by atoms with E-state index in [-0.39, 0.29) is 11.5 Å². The lowest BCUT2D eigenvalue weighted by atomic mass is 10.1. The van der Waals surface area contributed by atoms with E-state index in [0.717, 1.165) is 30.9 Å². The Labute approximate surface area is 189 Å². The number of hydrogen-bond acceptors (Lipinski definition) is 6. The number of benzene rings is 1. The van der Waals surface area contributed by atoms with Crippen molar-refractivity contribution in [2.75, 3.05) is 39.5 Å². The number of methoxy groups -OCH3 is 1. The highest BCUT2D eigenvalue weighted by Gasteiger charge is 2.28. The van der Waals surface area contributed by atoms with E-state index in [9.17, 15) is 9.59 Å². The second kappa shape index (κ2) is 9.42. The Morgan fingerprint density at radius 1 is 1.29 bits per heavy atom. The minimum absolute atomic E-state index is 0.00909. The number of H-pyrrole nitrogens is 1. The van der Waals surface area contributed by atoms with Crippen molar-refractivity contribution >= 4 is 39.2 Å². The number of rotatable bonds is 6. The zero-order chi connectivity index (χ0) is 22.0. The standard InChI is InChI=1S/C22H26N4O3S2/c1-14-18-20(27)23-17(13-30-3)24-21(18)31-19(14)22(28)26-10-8-25(9-11-26)12-15-4-6-16(29-2)7-5-15/h4-7H,8-13H2,1-3H3,(H,23,24,27)/p+1. The van der Waals surface area contributed by atoms with Gasteiger partial charge in [0.1, 0.15) is 22.9 Å². The molecule has 1 aliphatic heterocycles. The number of fused-ring (bicyclic) bond motifs is 1. The second-order valence-corrected chi connectivity index (χ2v) is 9.61. The molecule has 0 bridgehead atoms. The number of thioether (sulfide) groups is 1. The van der Waals surface area contributed by atoms with Gasteiger partial charge in [-0.3, -0.25) is 9.59 Å². The number of piperazine rings is 1. The van der Waals surface area contributed by atoms with Crippen LogP contribution in [0.4, 0.5) is 0 Å². The lowest BCUT2D eigenvalue weighted by Gasteiger charge is -2.32. The minimum atomic E-state index is -0.157. The first-order valence-corrected chi connectivity index (χ1v) is 12.5. The molecular formula is C22H27N4O3S2+. The molecule has 164 valence electrons. The van der Waals surface area contributed by atoms with Gasteiger partial charge < -0.3 is 19.5 Å². The molecule has 2 aromatic heterocycles.